The van der Waals surface area contributed by atoms with Crippen molar-refractivity contribution < 1.29 is 33.3 Å². The molecule has 0 unspecified atom stereocenters. The van der Waals surface area contributed by atoms with Crippen molar-refractivity contribution in [3.05, 3.63) is 80.7 Å². The van der Waals surface area contributed by atoms with E-state index in [-0.39, 0.29) is 30.8 Å². The van der Waals surface area contributed by atoms with Crippen LogP contribution in [0.3, 0.4) is 0 Å². The molecule has 3 aromatic rings. The first-order chi connectivity index (χ1) is 18.8. The Balaban J connectivity index is 1.25. The van der Waals surface area contributed by atoms with Crippen molar-refractivity contribution in [2.75, 3.05) is 25.8 Å². The number of amides is 3. The zero-order chi connectivity index (χ0) is 27.5. The summed E-state index contributed by atoms with van der Waals surface area (Å²) < 4.78 is 21.7. The van der Waals surface area contributed by atoms with Crippen LogP contribution in [-0.2, 0) is 16.1 Å². The summed E-state index contributed by atoms with van der Waals surface area (Å²) in [5.41, 5.74) is 1.76. The molecular weight excluding hydrogens is 567 g/mol. The number of anilines is 1. The van der Waals surface area contributed by atoms with Gasteiger partial charge in [0.1, 0.15) is 0 Å². The van der Waals surface area contributed by atoms with Crippen LogP contribution in [0.4, 0.5) is 10.5 Å². The van der Waals surface area contributed by atoms with Crippen molar-refractivity contribution in [3.8, 4) is 23.0 Å². The van der Waals surface area contributed by atoms with Gasteiger partial charge >= 0.3 is 0 Å². The van der Waals surface area contributed by atoms with E-state index in [4.69, 9.17) is 42.1 Å². The van der Waals surface area contributed by atoms with Crippen LogP contribution >= 0.6 is 35.0 Å². The molecule has 0 bridgehead atoms. The largest absolute Gasteiger partial charge is 0.493 e. The Morgan fingerprint density at radius 2 is 1.79 bits per heavy atom. The van der Waals surface area contributed by atoms with Gasteiger partial charge in [-0.25, -0.2) is 0 Å². The third-order valence-corrected chi connectivity index (χ3v) is 7.23. The molecule has 39 heavy (non-hydrogen) atoms. The first-order valence-electron chi connectivity index (χ1n) is 11.5. The van der Waals surface area contributed by atoms with E-state index in [0.29, 0.717) is 49.9 Å². The summed E-state index contributed by atoms with van der Waals surface area (Å²) in [4.78, 5) is 39.3. The molecule has 5 rings (SSSR count). The lowest BCUT2D eigenvalue weighted by molar-refractivity contribution is -0.123. The molecule has 2 heterocycles. The number of nitrogens with zero attached hydrogens (tertiary/aromatic N) is 1. The molecule has 0 radical (unpaired) electrons. The van der Waals surface area contributed by atoms with E-state index in [1.165, 1.54) is 7.11 Å². The maximum Gasteiger partial charge on any atom is 0.293 e. The predicted molar refractivity (Wildman–Crippen MR) is 148 cm³/mol. The van der Waals surface area contributed by atoms with Gasteiger partial charge in [0.25, 0.3) is 17.1 Å². The maximum atomic E-state index is 13.0. The predicted octanol–water partition coefficient (Wildman–Crippen LogP) is 5.98. The van der Waals surface area contributed by atoms with Crippen molar-refractivity contribution in [2.24, 2.45) is 0 Å². The highest BCUT2D eigenvalue weighted by molar-refractivity contribution is 8.18. The summed E-state index contributed by atoms with van der Waals surface area (Å²) in [5, 5.41) is 3.22. The lowest BCUT2D eigenvalue weighted by atomic mass is 10.1. The fourth-order valence-corrected chi connectivity index (χ4v) is 4.98. The van der Waals surface area contributed by atoms with Crippen LogP contribution in [0, 0.1) is 0 Å². The van der Waals surface area contributed by atoms with Crippen LogP contribution in [0.25, 0.3) is 6.08 Å². The van der Waals surface area contributed by atoms with Crippen molar-refractivity contribution >= 4 is 63.8 Å². The monoisotopic (exact) mass is 586 g/mol. The number of ether oxygens (including phenoxy) is 4. The minimum absolute atomic E-state index is 0.00827. The first-order valence-corrected chi connectivity index (χ1v) is 13.1. The van der Waals surface area contributed by atoms with Gasteiger partial charge < -0.3 is 24.3 Å². The molecule has 1 N–H and O–H groups in total. The van der Waals surface area contributed by atoms with Crippen molar-refractivity contribution in [1.82, 2.24) is 4.90 Å². The molecule has 1 fully saturated rings. The second-order valence-electron chi connectivity index (χ2n) is 8.32. The number of benzene rings is 3. The van der Waals surface area contributed by atoms with Gasteiger partial charge in [-0.2, -0.15) is 0 Å². The van der Waals surface area contributed by atoms with Gasteiger partial charge in [-0.05, 0) is 71.4 Å². The van der Waals surface area contributed by atoms with Crippen molar-refractivity contribution in [2.45, 2.75) is 6.54 Å². The van der Waals surface area contributed by atoms with Crippen LogP contribution in [0.1, 0.15) is 11.1 Å². The summed E-state index contributed by atoms with van der Waals surface area (Å²) in [6.07, 6.45) is 1.59. The van der Waals surface area contributed by atoms with Gasteiger partial charge in [-0.15, -0.1) is 0 Å². The molecule has 3 aromatic carbocycles. The average molecular weight is 587 g/mol. The van der Waals surface area contributed by atoms with E-state index in [2.05, 4.69) is 5.32 Å². The number of methoxy groups -OCH3 is 1. The van der Waals surface area contributed by atoms with Crippen LogP contribution in [0.15, 0.2) is 59.5 Å². The fraction of sp³-hybridized carbons (Fsp3) is 0.148. The van der Waals surface area contributed by atoms with Crippen molar-refractivity contribution in [1.29, 1.82) is 0 Å². The highest BCUT2D eigenvalue weighted by atomic mass is 35.5. The molecule has 0 aliphatic carbocycles. The molecule has 2 aliphatic rings. The number of fused-ring (bicyclic) bond motifs is 1. The number of rotatable bonds is 8. The maximum absolute atomic E-state index is 13.0. The zero-order valence-electron chi connectivity index (χ0n) is 20.4. The van der Waals surface area contributed by atoms with Crippen LogP contribution in [0.2, 0.25) is 10.0 Å². The Morgan fingerprint density at radius 3 is 2.54 bits per heavy atom. The highest BCUT2D eigenvalue weighted by Gasteiger charge is 2.35. The van der Waals surface area contributed by atoms with Crippen molar-refractivity contribution in [3.63, 3.8) is 0 Å². The third-order valence-electron chi connectivity index (χ3n) is 5.72. The normalized spacial score (nSPS) is 15.2. The van der Waals surface area contributed by atoms with E-state index in [9.17, 15) is 14.4 Å². The van der Waals surface area contributed by atoms with E-state index >= 15 is 0 Å². The SMILES string of the molecule is COc1cc(/C=C2\SC(=O)N(Cc3cc4c(cc3Cl)OCO4)C2=O)ccc1OCC(=O)Nc1ccc(Cl)cc1. The lowest BCUT2D eigenvalue weighted by Gasteiger charge is -2.14. The Bertz CT molecular complexity index is 1490. The fourth-order valence-electron chi connectivity index (χ4n) is 3.81. The summed E-state index contributed by atoms with van der Waals surface area (Å²) in [7, 11) is 1.46. The highest BCUT2D eigenvalue weighted by Crippen LogP contribution is 2.40. The van der Waals surface area contributed by atoms with Gasteiger partial charge in [-0.3, -0.25) is 19.3 Å². The van der Waals surface area contributed by atoms with Crippen LogP contribution < -0.4 is 24.3 Å². The van der Waals surface area contributed by atoms with Gasteiger partial charge in [0.2, 0.25) is 6.79 Å². The Labute approximate surface area is 237 Å². The summed E-state index contributed by atoms with van der Waals surface area (Å²) >= 11 is 13.0. The minimum Gasteiger partial charge on any atom is -0.493 e. The Kier molecular flexibility index (Phi) is 7.87. The summed E-state index contributed by atoms with van der Waals surface area (Å²) in [6, 6.07) is 14.9. The first kappa shape index (κ1) is 26.7. The van der Waals surface area contributed by atoms with Gasteiger partial charge in [-0.1, -0.05) is 29.3 Å². The Morgan fingerprint density at radius 1 is 1.05 bits per heavy atom. The number of imide groups is 1. The molecule has 1 saturated heterocycles. The smallest absolute Gasteiger partial charge is 0.293 e. The van der Waals surface area contributed by atoms with E-state index in [0.717, 1.165) is 16.7 Å². The molecular formula is C27H20Cl2N2O7S. The number of thioether (sulfide) groups is 1. The zero-order valence-corrected chi connectivity index (χ0v) is 22.7. The third kappa shape index (κ3) is 6.08. The van der Waals surface area contributed by atoms with E-state index in [1.54, 1.807) is 60.7 Å². The molecule has 12 heteroatoms. The number of hydrogen-bond acceptors (Lipinski definition) is 8. The van der Waals surface area contributed by atoms with Gasteiger partial charge in [0.15, 0.2) is 29.6 Å². The van der Waals surface area contributed by atoms with E-state index in [1.807, 2.05) is 0 Å². The average Bonchev–Trinajstić information content (AvgIpc) is 3.48. The number of carbonyl (C=O) groups is 3. The number of carbonyl (C=O) groups excluding carboxylic acids is 3. The number of hydrogen-bond donors (Lipinski definition) is 1. The van der Waals surface area contributed by atoms with Gasteiger partial charge in [0.05, 0.1) is 18.6 Å². The minimum atomic E-state index is -0.447. The molecule has 0 spiro atoms. The summed E-state index contributed by atoms with van der Waals surface area (Å²) in [6.45, 7) is -0.172. The second-order valence-corrected chi connectivity index (χ2v) is 10.2. The van der Waals surface area contributed by atoms with Gasteiger partial charge in [0, 0.05) is 21.8 Å². The molecule has 9 nitrogen and oxygen atoms in total. The topological polar surface area (TPSA) is 103 Å². The van der Waals surface area contributed by atoms with Crippen LogP contribution in [0.5, 0.6) is 23.0 Å². The summed E-state index contributed by atoms with van der Waals surface area (Å²) in [5.74, 6) is 0.910. The second kappa shape index (κ2) is 11.5. The molecule has 0 atom stereocenters. The molecule has 0 aromatic heterocycles. The van der Waals surface area contributed by atoms with Crippen LogP contribution in [-0.4, -0.2) is 42.5 Å². The lowest BCUT2D eigenvalue weighted by Crippen LogP contribution is -2.27. The Hall–Kier alpha value is -3.86. The number of halogens is 2. The molecule has 2 aliphatic heterocycles. The van der Waals surface area contributed by atoms with E-state index < -0.39 is 11.1 Å². The number of nitrogens with one attached hydrogen (secondary N) is 1. The standard InChI is InChI=1S/C27H20Cl2N2O7S/c1-35-21-8-15(2-7-20(21)36-13-25(32)30-18-5-3-17(28)4-6-18)9-24-26(33)31(27(34)39-24)12-16-10-22-23(11-19(16)29)38-14-37-22/h2-11H,12-14H2,1H3,(H,30,32)/b24-9-. The molecule has 3 amide bonds. The molecule has 0 saturated carbocycles. The quantitative estimate of drug-likeness (QED) is 0.321. The molecule has 200 valence electrons.